The number of para-hydroxylation sites is 1. The summed E-state index contributed by atoms with van der Waals surface area (Å²) in [6.07, 6.45) is 8.57. The lowest BCUT2D eigenvalue weighted by Gasteiger charge is -2.21. The first kappa shape index (κ1) is 25.1. The van der Waals surface area contributed by atoms with Crippen molar-refractivity contribution in [3.8, 4) is 28.8 Å². The van der Waals surface area contributed by atoms with Crippen molar-refractivity contribution in [1.29, 1.82) is 0 Å². The lowest BCUT2D eigenvalue weighted by Crippen LogP contribution is -2.33. The molecule has 2 aliphatic heterocycles. The molecule has 4 heterocycles. The number of halogens is 1. The zero-order valence-electron chi connectivity index (χ0n) is 21.6. The number of pyridine rings is 1. The highest BCUT2D eigenvalue weighted by Crippen LogP contribution is 2.54. The van der Waals surface area contributed by atoms with Crippen LogP contribution in [0.4, 0.5) is 5.69 Å². The maximum atomic E-state index is 12.8. The number of hydrogen-bond donors (Lipinski definition) is 2. The van der Waals surface area contributed by atoms with Gasteiger partial charge in [0.2, 0.25) is 5.91 Å². The van der Waals surface area contributed by atoms with Gasteiger partial charge >= 0.3 is 0 Å². The Labute approximate surface area is 232 Å². The molecule has 2 aromatic heterocycles. The third-order valence-corrected chi connectivity index (χ3v) is 8.09. The number of likely N-dealkylation sites (tertiary alicyclic amines) is 1. The van der Waals surface area contributed by atoms with Gasteiger partial charge in [-0.25, -0.2) is 0 Å². The van der Waals surface area contributed by atoms with E-state index in [1.165, 1.54) is 6.08 Å². The van der Waals surface area contributed by atoms with Crippen LogP contribution < -0.4 is 15.5 Å². The van der Waals surface area contributed by atoms with Crippen molar-refractivity contribution in [3.05, 3.63) is 77.2 Å². The Balaban J connectivity index is 1.43. The molecule has 2 fully saturated rings. The number of amides is 2. The minimum absolute atomic E-state index is 0.0864. The van der Waals surface area contributed by atoms with E-state index in [9.17, 15) is 9.59 Å². The fourth-order valence-corrected chi connectivity index (χ4v) is 5.84. The van der Waals surface area contributed by atoms with Crippen molar-refractivity contribution < 1.29 is 14.3 Å². The largest absolute Gasteiger partial charge is 0.493 e. The molecule has 1 aromatic carbocycles. The van der Waals surface area contributed by atoms with Gasteiger partial charge in [-0.15, -0.1) is 0 Å². The molecule has 1 saturated heterocycles. The Morgan fingerprint density at radius 3 is 2.95 bits per heavy atom. The van der Waals surface area contributed by atoms with Gasteiger partial charge in [0, 0.05) is 37.5 Å². The fraction of sp³-hybridized carbons (Fsp3) is 0.300. The Hall–Kier alpha value is -4.22. The van der Waals surface area contributed by atoms with E-state index in [1.807, 2.05) is 33.8 Å². The molecule has 1 atom stereocenters. The van der Waals surface area contributed by atoms with E-state index >= 15 is 0 Å². The van der Waals surface area contributed by atoms with Crippen LogP contribution >= 0.6 is 11.6 Å². The number of carbonyl (C=O) groups excluding carboxylic acids is 2. The van der Waals surface area contributed by atoms with Crippen LogP contribution in [0.1, 0.15) is 40.9 Å². The molecule has 198 valence electrons. The molecule has 1 aliphatic carbocycles. The van der Waals surface area contributed by atoms with Crippen molar-refractivity contribution >= 4 is 29.1 Å². The molecule has 9 heteroatoms. The average Bonchev–Trinajstić information content (AvgIpc) is 3.45. The predicted octanol–water partition coefficient (Wildman–Crippen LogP) is 4.29. The number of ether oxygens (including phenoxy) is 1. The molecule has 3 aromatic rings. The van der Waals surface area contributed by atoms with E-state index in [4.69, 9.17) is 16.3 Å². The minimum atomic E-state index is -0.175. The SMILES string of the molecule is C=CC(=O)N1CC2(CC2)C[C@@H]1C#Cc1cnccc1-c1cc2c(n1Nc1cccc(Cl)c1OC)CCNC2=O. The monoisotopic (exact) mass is 541 g/mol. The standard InChI is InChI=1S/C30H28ClN5O3/c1-3-27(37)35-18-30(11-12-30)16-20(35)8-7-19-17-32-13-9-21(19)26-15-22-25(10-14-33-29(22)38)36(26)34-24-6-4-5-23(31)28(24)39-2/h3-6,9,13,15,17,20,34H,1,10-12,14,16,18H2,2H3,(H,33,38)/t20-/m0/s1. The Kier molecular flexibility index (Phi) is 6.32. The predicted molar refractivity (Wildman–Crippen MR) is 150 cm³/mol. The molecule has 6 rings (SSSR count). The zero-order valence-corrected chi connectivity index (χ0v) is 22.3. The normalized spacial score (nSPS) is 18.6. The smallest absolute Gasteiger partial charge is 0.253 e. The molecule has 1 spiro atoms. The van der Waals surface area contributed by atoms with Gasteiger partial charge in [-0.05, 0) is 55.0 Å². The van der Waals surface area contributed by atoms with Crippen molar-refractivity contribution in [3.63, 3.8) is 0 Å². The second-order valence-electron chi connectivity index (χ2n) is 10.2. The number of fused-ring (bicyclic) bond motifs is 1. The Bertz CT molecular complexity index is 1560. The summed E-state index contributed by atoms with van der Waals surface area (Å²) in [6, 6.07) is 9.05. The lowest BCUT2D eigenvalue weighted by atomic mass is 10.0. The summed E-state index contributed by atoms with van der Waals surface area (Å²) in [5.41, 5.74) is 8.01. The molecule has 0 radical (unpaired) electrons. The van der Waals surface area contributed by atoms with E-state index in [1.54, 1.807) is 25.6 Å². The molecular formula is C30H28ClN5O3. The van der Waals surface area contributed by atoms with E-state index < -0.39 is 0 Å². The van der Waals surface area contributed by atoms with Crippen LogP contribution in [0.2, 0.25) is 5.02 Å². The molecule has 0 unspecified atom stereocenters. The van der Waals surface area contributed by atoms with Crippen molar-refractivity contribution in [1.82, 2.24) is 19.9 Å². The number of nitrogens with zero attached hydrogens (tertiary/aromatic N) is 3. The van der Waals surface area contributed by atoms with Crippen LogP contribution in [0.5, 0.6) is 5.75 Å². The molecule has 3 aliphatic rings. The summed E-state index contributed by atoms with van der Waals surface area (Å²) < 4.78 is 7.46. The summed E-state index contributed by atoms with van der Waals surface area (Å²) in [5.74, 6) is 6.96. The fourth-order valence-electron chi connectivity index (χ4n) is 5.59. The van der Waals surface area contributed by atoms with Gasteiger partial charge in [0.25, 0.3) is 5.91 Å². The van der Waals surface area contributed by atoms with Gasteiger partial charge in [-0.3, -0.25) is 24.7 Å². The van der Waals surface area contributed by atoms with Crippen molar-refractivity contribution in [2.24, 2.45) is 5.41 Å². The summed E-state index contributed by atoms with van der Waals surface area (Å²) in [5, 5.41) is 3.40. The van der Waals surface area contributed by atoms with E-state index in [0.29, 0.717) is 40.6 Å². The molecule has 2 amide bonds. The number of nitrogens with one attached hydrogen (secondary N) is 2. The van der Waals surface area contributed by atoms with Gasteiger partial charge in [0.1, 0.15) is 0 Å². The van der Waals surface area contributed by atoms with E-state index in [0.717, 1.165) is 42.8 Å². The number of hydrogen-bond acceptors (Lipinski definition) is 5. The molecule has 2 N–H and O–H groups in total. The third-order valence-electron chi connectivity index (χ3n) is 7.79. The second kappa shape index (κ2) is 9.83. The quantitative estimate of drug-likeness (QED) is 0.371. The summed E-state index contributed by atoms with van der Waals surface area (Å²) >= 11 is 6.39. The molecule has 8 nitrogen and oxygen atoms in total. The average molecular weight is 542 g/mol. The highest BCUT2D eigenvalue weighted by Gasteiger charge is 2.52. The van der Waals surface area contributed by atoms with Gasteiger partial charge in [0.15, 0.2) is 5.75 Å². The maximum absolute atomic E-state index is 12.8. The number of carbonyl (C=O) groups is 2. The molecule has 1 saturated carbocycles. The highest BCUT2D eigenvalue weighted by molar-refractivity contribution is 6.32. The van der Waals surface area contributed by atoms with Crippen molar-refractivity contribution in [2.45, 2.75) is 31.7 Å². The summed E-state index contributed by atoms with van der Waals surface area (Å²) in [7, 11) is 1.57. The van der Waals surface area contributed by atoms with Crippen LogP contribution in [-0.4, -0.2) is 52.6 Å². The molecular weight excluding hydrogens is 514 g/mol. The molecule has 0 bridgehead atoms. The maximum Gasteiger partial charge on any atom is 0.253 e. The van der Waals surface area contributed by atoms with E-state index in [2.05, 4.69) is 34.1 Å². The minimum Gasteiger partial charge on any atom is -0.493 e. The van der Waals surface area contributed by atoms with Crippen molar-refractivity contribution in [2.75, 3.05) is 25.6 Å². The lowest BCUT2D eigenvalue weighted by molar-refractivity contribution is -0.126. The van der Waals surface area contributed by atoms with E-state index in [-0.39, 0.29) is 23.3 Å². The first-order chi connectivity index (χ1) is 18.9. The Morgan fingerprint density at radius 2 is 2.18 bits per heavy atom. The zero-order chi connectivity index (χ0) is 27.1. The van der Waals surface area contributed by atoms with Gasteiger partial charge in [0.05, 0.1) is 46.4 Å². The first-order valence-corrected chi connectivity index (χ1v) is 13.3. The number of benzene rings is 1. The van der Waals surface area contributed by atoms with Gasteiger partial charge in [-0.1, -0.05) is 36.1 Å². The number of methoxy groups -OCH3 is 1. The summed E-state index contributed by atoms with van der Waals surface area (Å²) in [4.78, 5) is 31.5. The van der Waals surface area contributed by atoms with Gasteiger partial charge < -0.3 is 15.0 Å². The second-order valence-corrected chi connectivity index (χ2v) is 10.7. The Morgan fingerprint density at radius 1 is 1.33 bits per heavy atom. The van der Waals surface area contributed by atoms with Crippen LogP contribution in [0, 0.1) is 17.3 Å². The van der Waals surface area contributed by atoms with Crippen LogP contribution in [-0.2, 0) is 11.2 Å². The number of anilines is 1. The third kappa shape index (κ3) is 4.53. The topological polar surface area (TPSA) is 88.5 Å². The van der Waals surface area contributed by atoms with Gasteiger partial charge in [-0.2, -0.15) is 0 Å². The first-order valence-electron chi connectivity index (χ1n) is 12.9. The summed E-state index contributed by atoms with van der Waals surface area (Å²) in [6.45, 7) is 4.93. The highest BCUT2D eigenvalue weighted by atomic mass is 35.5. The van der Waals surface area contributed by atoms with Crippen LogP contribution in [0.15, 0.2) is 55.4 Å². The van der Waals surface area contributed by atoms with Crippen LogP contribution in [0.25, 0.3) is 11.3 Å². The number of rotatable bonds is 5. The molecule has 39 heavy (non-hydrogen) atoms. The van der Waals surface area contributed by atoms with Crippen LogP contribution in [0.3, 0.4) is 0 Å². The number of aromatic nitrogens is 2.